The van der Waals surface area contributed by atoms with Crippen LogP contribution in [0, 0.1) is 0 Å². The maximum Gasteiger partial charge on any atom is 0.141 e. The van der Waals surface area contributed by atoms with Crippen molar-refractivity contribution in [3.05, 3.63) is 48.2 Å². The number of rotatable bonds is 1. The van der Waals surface area contributed by atoms with Crippen molar-refractivity contribution in [1.82, 2.24) is 0 Å². The Morgan fingerprint density at radius 1 is 0.944 bits per heavy atom. The van der Waals surface area contributed by atoms with E-state index in [4.69, 9.17) is 8.83 Å². The zero-order valence-electron chi connectivity index (χ0n) is 9.51. The Morgan fingerprint density at radius 2 is 1.83 bits per heavy atom. The van der Waals surface area contributed by atoms with Crippen LogP contribution in [-0.2, 0) is 6.61 Å². The molecule has 0 aliphatic carbocycles. The lowest BCUT2D eigenvalue weighted by atomic mass is 10.1. The second-order valence-corrected chi connectivity index (χ2v) is 4.32. The molecule has 1 N–H and O–H groups in total. The average molecular weight is 238 g/mol. The molecule has 0 bridgehead atoms. The molecule has 0 saturated heterocycles. The van der Waals surface area contributed by atoms with Crippen molar-refractivity contribution < 1.29 is 13.9 Å². The number of furan rings is 2. The van der Waals surface area contributed by atoms with Gasteiger partial charge in [-0.3, -0.25) is 0 Å². The van der Waals surface area contributed by atoms with Crippen LogP contribution in [0.1, 0.15) is 5.56 Å². The molecule has 0 spiro atoms. The quantitative estimate of drug-likeness (QED) is 0.548. The Balaban J connectivity index is 2.32. The summed E-state index contributed by atoms with van der Waals surface area (Å²) in [6.45, 7) is -0.0623. The van der Waals surface area contributed by atoms with Crippen LogP contribution in [0.3, 0.4) is 0 Å². The molecule has 3 heteroatoms. The van der Waals surface area contributed by atoms with E-state index in [1.807, 2.05) is 36.4 Å². The Kier molecular flexibility index (Phi) is 1.82. The normalized spacial score (nSPS) is 11.8. The van der Waals surface area contributed by atoms with Crippen molar-refractivity contribution in [1.29, 1.82) is 0 Å². The van der Waals surface area contributed by atoms with Gasteiger partial charge in [0, 0.05) is 21.7 Å². The maximum absolute atomic E-state index is 9.58. The van der Waals surface area contributed by atoms with Gasteiger partial charge >= 0.3 is 0 Å². The van der Waals surface area contributed by atoms with E-state index in [1.165, 1.54) is 0 Å². The molecule has 0 atom stereocenters. The molecular weight excluding hydrogens is 228 g/mol. The fourth-order valence-corrected chi connectivity index (χ4v) is 2.53. The first kappa shape index (κ1) is 9.74. The van der Waals surface area contributed by atoms with E-state index in [1.54, 1.807) is 6.26 Å². The molecule has 3 nitrogen and oxygen atoms in total. The minimum Gasteiger partial charge on any atom is -0.464 e. The summed E-state index contributed by atoms with van der Waals surface area (Å²) in [7, 11) is 0. The Labute approximate surface area is 102 Å². The number of hydrogen-bond acceptors (Lipinski definition) is 3. The van der Waals surface area contributed by atoms with Gasteiger partial charge in [-0.05, 0) is 18.2 Å². The largest absolute Gasteiger partial charge is 0.464 e. The van der Waals surface area contributed by atoms with E-state index >= 15 is 0 Å². The van der Waals surface area contributed by atoms with E-state index in [9.17, 15) is 5.11 Å². The predicted molar refractivity (Wildman–Crippen MR) is 69.4 cm³/mol. The molecule has 2 aromatic carbocycles. The number of aliphatic hydroxyl groups excluding tert-OH is 1. The van der Waals surface area contributed by atoms with Crippen molar-refractivity contribution in [2.45, 2.75) is 6.61 Å². The van der Waals surface area contributed by atoms with Crippen molar-refractivity contribution >= 4 is 32.9 Å². The molecule has 4 rings (SSSR count). The van der Waals surface area contributed by atoms with Gasteiger partial charge < -0.3 is 13.9 Å². The molecule has 0 unspecified atom stereocenters. The van der Waals surface area contributed by atoms with Crippen LogP contribution in [-0.4, -0.2) is 5.11 Å². The number of fused-ring (bicyclic) bond motifs is 4. The SMILES string of the molecule is OCc1c2ccoc2cc2c1oc1ccccc12. The summed E-state index contributed by atoms with van der Waals surface area (Å²) in [5.74, 6) is 0. The first-order chi connectivity index (χ1) is 8.88. The molecule has 0 amide bonds. The van der Waals surface area contributed by atoms with Gasteiger partial charge in [0.15, 0.2) is 0 Å². The highest BCUT2D eigenvalue weighted by molar-refractivity contribution is 6.11. The molecule has 0 saturated carbocycles. The van der Waals surface area contributed by atoms with Gasteiger partial charge in [-0.15, -0.1) is 0 Å². The zero-order valence-corrected chi connectivity index (χ0v) is 9.51. The van der Waals surface area contributed by atoms with Gasteiger partial charge in [0.05, 0.1) is 12.9 Å². The van der Waals surface area contributed by atoms with Crippen LogP contribution in [0.2, 0.25) is 0 Å². The Morgan fingerprint density at radius 3 is 2.72 bits per heavy atom. The lowest BCUT2D eigenvalue weighted by molar-refractivity contribution is 0.283. The van der Waals surface area contributed by atoms with Crippen LogP contribution in [0.25, 0.3) is 32.9 Å². The summed E-state index contributed by atoms with van der Waals surface area (Å²) in [4.78, 5) is 0. The highest BCUT2D eigenvalue weighted by Gasteiger charge is 2.15. The molecule has 0 fully saturated rings. The lowest BCUT2D eigenvalue weighted by Gasteiger charge is -1.99. The van der Waals surface area contributed by atoms with Gasteiger partial charge in [-0.1, -0.05) is 18.2 Å². The highest BCUT2D eigenvalue weighted by atomic mass is 16.3. The third kappa shape index (κ3) is 1.11. The second-order valence-electron chi connectivity index (χ2n) is 4.32. The second kappa shape index (κ2) is 3.37. The number of hydrogen-bond donors (Lipinski definition) is 1. The first-order valence-electron chi connectivity index (χ1n) is 5.79. The van der Waals surface area contributed by atoms with Crippen molar-refractivity contribution in [3.8, 4) is 0 Å². The van der Waals surface area contributed by atoms with E-state index < -0.39 is 0 Å². The summed E-state index contributed by atoms with van der Waals surface area (Å²) in [5.41, 5.74) is 3.13. The van der Waals surface area contributed by atoms with Crippen LogP contribution >= 0.6 is 0 Å². The third-order valence-electron chi connectivity index (χ3n) is 3.36. The Hall–Kier alpha value is -2.26. The lowest BCUT2D eigenvalue weighted by Crippen LogP contribution is -1.84. The number of para-hydroxylation sites is 1. The summed E-state index contributed by atoms with van der Waals surface area (Å²) < 4.78 is 11.3. The number of aliphatic hydroxyl groups is 1. The van der Waals surface area contributed by atoms with E-state index in [2.05, 4.69) is 0 Å². The molecule has 2 aromatic heterocycles. The maximum atomic E-state index is 9.58. The third-order valence-corrected chi connectivity index (χ3v) is 3.36. The van der Waals surface area contributed by atoms with Crippen molar-refractivity contribution in [2.75, 3.05) is 0 Å². The standard InChI is InChI=1S/C15H10O3/c16-8-12-10-5-6-17-14(10)7-11-9-3-1-2-4-13(9)18-15(11)12/h1-7,16H,8H2. The summed E-state index contributed by atoms with van der Waals surface area (Å²) >= 11 is 0. The highest BCUT2D eigenvalue weighted by Crippen LogP contribution is 2.35. The average Bonchev–Trinajstić information content (AvgIpc) is 2.99. The summed E-state index contributed by atoms with van der Waals surface area (Å²) in [5, 5.41) is 12.5. The molecule has 0 radical (unpaired) electrons. The van der Waals surface area contributed by atoms with Crippen molar-refractivity contribution in [3.63, 3.8) is 0 Å². The van der Waals surface area contributed by atoms with Gasteiger partial charge in [-0.25, -0.2) is 0 Å². The first-order valence-corrected chi connectivity index (χ1v) is 5.79. The topological polar surface area (TPSA) is 46.5 Å². The molecule has 0 aliphatic heterocycles. The zero-order chi connectivity index (χ0) is 12.1. The minimum absolute atomic E-state index is 0.0623. The van der Waals surface area contributed by atoms with Gasteiger partial charge in [-0.2, -0.15) is 0 Å². The van der Waals surface area contributed by atoms with Gasteiger partial charge in [0.2, 0.25) is 0 Å². The molecule has 0 aliphatic rings. The molecule has 2 heterocycles. The predicted octanol–water partition coefficient (Wildman–Crippen LogP) is 3.82. The minimum atomic E-state index is -0.0623. The van der Waals surface area contributed by atoms with E-state index in [0.717, 1.165) is 38.5 Å². The van der Waals surface area contributed by atoms with Crippen LogP contribution in [0.15, 0.2) is 51.5 Å². The smallest absolute Gasteiger partial charge is 0.141 e. The van der Waals surface area contributed by atoms with Crippen LogP contribution in [0.4, 0.5) is 0 Å². The summed E-state index contributed by atoms with van der Waals surface area (Å²) in [6, 6.07) is 11.7. The number of benzene rings is 2. The Bertz CT molecular complexity index is 867. The summed E-state index contributed by atoms with van der Waals surface area (Å²) in [6.07, 6.45) is 1.63. The molecule has 88 valence electrons. The van der Waals surface area contributed by atoms with Crippen LogP contribution in [0.5, 0.6) is 0 Å². The molecule has 4 aromatic rings. The van der Waals surface area contributed by atoms with Gasteiger partial charge in [0.1, 0.15) is 16.7 Å². The van der Waals surface area contributed by atoms with E-state index in [-0.39, 0.29) is 6.61 Å². The molecule has 18 heavy (non-hydrogen) atoms. The van der Waals surface area contributed by atoms with Crippen molar-refractivity contribution in [2.24, 2.45) is 0 Å². The van der Waals surface area contributed by atoms with Crippen LogP contribution < -0.4 is 0 Å². The monoisotopic (exact) mass is 238 g/mol. The van der Waals surface area contributed by atoms with E-state index in [0.29, 0.717) is 0 Å². The molecular formula is C15H10O3. The fourth-order valence-electron chi connectivity index (χ4n) is 2.53. The fraction of sp³-hybridized carbons (Fsp3) is 0.0667. The van der Waals surface area contributed by atoms with Gasteiger partial charge in [0.25, 0.3) is 0 Å².